The zero-order chi connectivity index (χ0) is 15.0. The molecular weight excluding hydrogens is 271 g/mol. The van der Waals surface area contributed by atoms with Crippen molar-refractivity contribution in [2.75, 3.05) is 19.6 Å². The largest absolute Gasteiger partial charge is 0.451 e. The second-order valence-electron chi connectivity index (χ2n) is 5.71. The van der Waals surface area contributed by atoms with E-state index < -0.39 is 12.0 Å². The fourth-order valence-corrected chi connectivity index (χ4v) is 2.65. The molecule has 114 valence electrons. The molecule has 2 heterocycles. The van der Waals surface area contributed by atoms with E-state index in [9.17, 15) is 13.2 Å². The molecule has 0 amide bonds. The number of likely N-dealkylation sites (N-methyl/N-ethyl adjacent to an activating group) is 1. The summed E-state index contributed by atoms with van der Waals surface area (Å²) in [6.45, 7) is 9.06. The van der Waals surface area contributed by atoms with Crippen LogP contribution in [0.5, 0.6) is 0 Å². The standard InChI is InChI=1S/C12H20F3N5/c1-4-16-11(2,3)8-19-5-6-20-9(7-19)17-18-10(20)12(13,14)15/h16H,4-8H2,1-3H3. The molecule has 0 unspecified atom stereocenters. The third-order valence-electron chi connectivity index (χ3n) is 3.36. The molecule has 0 atom stereocenters. The fraction of sp³-hybridized carbons (Fsp3) is 0.833. The second-order valence-corrected chi connectivity index (χ2v) is 5.71. The van der Waals surface area contributed by atoms with Gasteiger partial charge in [-0.3, -0.25) is 4.90 Å². The molecule has 1 aromatic rings. The quantitative estimate of drug-likeness (QED) is 0.913. The van der Waals surface area contributed by atoms with E-state index in [0.717, 1.165) is 13.1 Å². The summed E-state index contributed by atoms with van der Waals surface area (Å²) >= 11 is 0. The highest BCUT2D eigenvalue weighted by molar-refractivity contribution is 5.02. The van der Waals surface area contributed by atoms with E-state index in [1.807, 2.05) is 6.92 Å². The zero-order valence-corrected chi connectivity index (χ0v) is 12.0. The van der Waals surface area contributed by atoms with Gasteiger partial charge in [0, 0.05) is 25.2 Å². The molecule has 0 saturated heterocycles. The molecule has 0 saturated carbocycles. The molecule has 5 nitrogen and oxygen atoms in total. The molecule has 0 fully saturated rings. The van der Waals surface area contributed by atoms with Crippen molar-refractivity contribution < 1.29 is 13.2 Å². The van der Waals surface area contributed by atoms with Gasteiger partial charge in [-0.05, 0) is 20.4 Å². The maximum Gasteiger partial charge on any atom is 0.451 e. The summed E-state index contributed by atoms with van der Waals surface area (Å²) in [5.41, 5.74) is -0.0796. The minimum atomic E-state index is -4.43. The van der Waals surface area contributed by atoms with Crippen LogP contribution in [0.4, 0.5) is 13.2 Å². The van der Waals surface area contributed by atoms with Crippen molar-refractivity contribution in [2.45, 2.75) is 45.6 Å². The molecular formula is C12H20F3N5. The lowest BCUT2D eigenvalue weighted by molar-refractivity contribution is -0.148. The van der Waals surface area contributed by atoms with Gasteiger partial charge in [-0.15, -0.1) is 10.2 Å². The summed E-state index contributed by atoms with van der Waals surface area (Å²) in [6.07, 6.45) is -4.43. The van der Waals surface area contributed by atoms with Crippen LogP contribution < -0.4 is 5.32 Å². The molecule has 1 aromatic heterocycles. The minimum absolute atomic E-state index is 0.0796. The Morgan fingerprint density at radius 3 is 2.50 bits per heavy atom. The number of rotatable bonds is 4. The predicted octanol–water partition coefficient (Wildman–Crippen LogP) is 1.50. The van der Waals surface area contributed by atoms with Gasteiger partial charge in [0.2, 0.25) is 5.82 Å². The molecule has 8 heteroatoms. The van der Waals surface area contributed by atoms with Gasteiger partial charge >= 0.3 is 6.18 Å². The Morgan fingerprint density at radius 1 is 1.20 bits per heavy atom. The van der Waals surface area contributed by atoms with E-state index in [-0.39, 0.29) is 12.1 Å². The average Bonchev–Trinajstić information content (AvgIpc) is 2.70. The number of aromatic nitrogens is 3. The summed E-state index contributed by atoms with van der Waals surface area (Å²) in [5.74, 6) is -0.506. The first kappa shape index (κ1) is 15.2. The molecule has 0 spiro atoms. The number of alkyl halides is 3. The first-order chi connectivity index (χ1) is 9.23. The fourth-order valence-electron chi connectivity index (χ4n) is 2.65. The van der Waals surface area contributed by atoms with E-state index in [2.05, 4.69) is 34.3 Å². The molecule has 0 aromatic carbocycles. The van der Waals surface area contributed by atoms with Crippen molar-refractivity contribution in [1.29, 1.82) is 0 Å². The van der Waals surface area contributed by atoms with Gasteiger partial charge in [0.15, 0.2) is 0 Å². The number of nitrogens with zero attached hydrogens (tertiary/aromatic N) is 4. The molecule has 1 aliphatic rings. The molecule has 0 aliphatic carbocycles. The Hall–Kier alpha value is -1.15. The van der Waals surface area contributed by atoms with Crippen molar-refractivity contribution in [3.63, 3.8) is 0 Å². The molecule has 1 N–H and O–H groups in total. The average molecular weight is 291 g/mol. The van der Waals surface area contributed by atoms with Gasteiger partial charge in [0.05, 0.1) is 6.54 Å². The normalized spacial score (nSPS) is 17.3. The lowest BCUT2D eigenvalue weighted by Gasteiger charge is -2.35. The highest BCUT2D eigenvalue weighted by Crippen LogP contribution is 2.29. The maximum absolute atomic E-state index is 12.7. The number of hydrogen-bond acceptors (Lipinski definition) is 4. The lowest BCUT2D eigenvalue weighted by atomic mass is 10.0. The van der Waals surface area contributed by atoms with Crippen LogP contribution in [0.15, 0.2) is 0 Å². The van der Waals surface area contributed by atoms with Crippen molar-refractivity contribution >= 4 is 0 Å². The Balaban J connectivity index is 2.07. The van der Waals surface area contributed by atoms with Crippen LogP contribution in [0, 0.1) is 0 Å². The topological polar surface area (TPSA) is 46.0 Å². The number of nitrogens with one attached hydrogen (secondary N) is 1. The maximum atomic E-state index is 12.7. The van der Waals surface area contributed by atoms with Gasteiger partial charge in [0.1, 0.15) is 5.82 Å². The van der Waals surface area contributed by atoms with Gasteiger partial charge in [-0.25, -0.2) is 0 Å². The SMILES string of the molecule is CCNC(C)(C)CN1CCn2c(nnc2C(F)(F)F)C1. The Morgan fingerprint density at radius 2 is 1.90 bits per heavy atom. The predicted molar refractivity (Wildman–Crippen MR) is 68.1 cm³/mol. The van der Waals surface area contributed by atoms with Crippen LogP contribution >= 0.6 is 0 Å². The Kier molecular flexibility index (Phi) is 4.06. The van der Waals surface area contributed by atoms with Gasteiger partial charge in [-0.2, -0.15) is 13.2 Å². The van der Waals surface area contributed by atoms with Crippen molar-refractivity contribution in [3.8, 4) is 0 Å². The highest BCUT2D eigenvalue weighted by Gasteiger charge is 2.39. The van der Waals surface area contributed by atoms with Crippen LogP contribution in [0.2, 0.25) is 0 Å². The smallest absolute Gasteiger partial charge is 0.311 e. The van der Waals surface area contributed by atoms with E-state index >= 15 is 0 Å². The molecule has 0 bridgehead atoms. The van der Waals surface area contributed by atoms with E-state index in [1.54, 1.807) is 0 Å². The second kappa shape index (κ2) is 5.33. The summed E-state index contributed by atoms with van der Waals surface area (Å²) in [4.78, 5) is 2.10. The summed E-state index contributed by atoms with van der Waals surface area (Å²) in [6, 6.07) is 0. The minimum Gasteiger partial charge on any atom is -0.311 e. The summed E-state index contributed by atoms with van der Waals surface area (Å²) < 4.78 is 39.4. The monoisotopic (exact) mass is 291 g/mol. The number of fused-ring (bicyclic) bond motifs is 1. The van der Waals surface area contributed by atoms with Crippen LogP contribution in [0.3, 0.4) is 0 Å². The summed E-state index contributed by atoms with van der Waals surface area (Å²) in [5, 5.41) is 10.3. The lowest BCUT2D eigenvalue weighted by Crippen LogP contribution is -2.50. The molecule has 0 radical (unpaired) electrons. The van der Waals surface area contributed by atoms with Gasteiger partial charge < -0.3 is 9.88 Å². The van der Waals surface area contributed by atoms with Crippen molar-refractivity contribution in [1.82, 2.24) is 25.0 Å². The van der Waals surface area contributed by atoms with Crippen molar-refractivity contribution in [3.05, 3.63) is 11.6 Å². The van der Waals surface area contributed by atoms with E-state index in [0.29, 0.717) is 18.9 Å². The third-order valence-corrected chi connectivity index (χ3v) is 3.36. The van der Waals surface area contributed by atoms with Gasteiger partial charge in [-0.1, -0.05) is 6.92 Å². The Bertz CT molecular complexity index is 466. The first-order valence-corrected chi connectivity index (χ1v) is 6.69. The first-order valence-electron chi connectivity index (χ1n) is 6.69. The Labute approximate surface area is 116 Å². The van der Waals surface area contributed by atoms with Crippen LogP contribution in [0.25, 0.3) is 0 Å². The van der Waals surface area contributed by atoms with Crippen LogP contribution in [-0.2, 0) is 19.3 Å². The molecule has 2 rings (SSSR count). The molecule has 1 aliphatic heterocycles. The van der Waals surface area contributed by atoms with Crippen LogP contribution in [-0.4, -0.2) is 44.8 Å². The highest BCUT2D eigenvalue weighted by atomic mass is 19.4. The molecule has 20 heavy (non-hydrogen) atoms. The number of hydrogen-bond donors (Lipinski definition) is 1. The van der Waals surface area contributed by atoms with Crippen LogP contribution in [0.1, 0.15) is 32.4 Å². The van der Waals surface area contributed by atoms with Crippen molar-refractivity contribution in [2.24, 2.45) is 0 Å². The van der Waals surface area contributed by atoms with Gasteiger partial charge in [0.25, 0.3) is 0 Å². The van der Waals surface area contributed by atoms with E-state index in [1.165, 1.54) is 4.57 Å². The number of halogens is 3. The van der Waals surface area contributed by atoms with E-state index in [4.69, 9.17) is 0 Å². The zero-order valence-electron chi connectivity index (χ0n) is 12.0. The third kappa shape index (κ3) is 3.29. The summed E-state index contributed by atoms with van der Waals surface area (Å²) in [7, 11) is 0.